The summed E-state index contributed by atoms with van der Waals surface area (Å²) in [6.45, 7) is 4.79. The molecule has 3 amide bonds. The van der Waals surface area contributed by atoms with Gasteiger partial charge in [0.05, 0.1) is 6.20 Å². The third kappa shape index (κ3) is 7.55. The Hall–Kier alpha value is -3.55. The number of nitrogens with zero attached hydrogens (tertiary/aromatic N) is 4. The molecule has 2 heterocycles. The number of hydrogen-bond acceptors (Lipinski definition) is 5. The summed E-state index contributed by atoms with van der Waals surface area (Å²) in [5.41, 5.74) is 1.42. The fourth-order valence-corrected chi connectivity index (χ4v) is 5.94. The molecule has 8 heteroatoms. The van der Waals surface area contributed by atoms with Crippen LogP contribution >= 0.6 is 0 Å². The number of unbranched alkanes of at least 4 members (excludes halogenated alkanes) is 1. The van der Waals surface area contributed by atoms with Crippen LogP contribution in [0.4, 0.5) is 0 Å². The van der Waals surface area contributed by atoms with Crippen LogP contribution in [0.15, 0.2) is 61.3 Å². The number of amides is 3. The van der Waals surface area contributed by atoms with Gasteiger partial charge in [-0.15, -0.1) is 0 Å². The molecule has 1 aromatic heterocycles. The van der Waals surface area contributed by atoms with Crippen LogP contribution in [-0.4, -0.2) is 56.1 Å². The first-order chi connectivity index (χ1) is 19.5. The number of nitrogens with one attached hydrogen (secondary N) is 1. The number of carbonyl (C=O) groups is 3. The molecule has 1 aliphatic carbocycles. The van der Waals surface area contributed by atoms with E-state index < -0.39 is 18.0 Å². The summed E-state index contributed by atoms with van der Waals surface area (Å²) < 4.78 is 0. The van der Waals surface area contributed by atoms with Crippen molar-refractivity contribution < 1.29 is 14.4 Å². The molecule has 0 bridgehead atoms. The summed E-state index contributed by atoms with van der Waals surface area (Å²) in [5.74, 6) is -0.676. The van der Waals surface area contributed by atoms with Gasteiger partial charge in [-0.25, -0.2) is 4.98 Å². The van der Waals surface area contributed by atoms with E-state index in [9.17, 15) is 14.4 Å². The molecule has 1 aliphatic heterocycles. The van der Waals surface area contributed by atoms with Crippen LogP contribution in [0, 0.1) is 11.8 Å². The first kappa shape index (κ1) is 29.4. The fraction of sp³-hybridized carbons (Fsp3) is 0.531. The lowest BCUT2D eigenvalue weighted by Gasteiger charge is -2.41. The lowest BCUT2D eigenvalue weighted by Crippen LogP contribution is -2.59. The quantitative estimate of drug-likeness (QED) is 0.399. The highest BCUT2D eigenvalue weighted by Crippen LogP contribution is 2.31. The van der Waals surface area contributed by atoms with E-state index >= 15 is 0 Å². The van der Waals surface area contributed by atoms with Gasteiger partial charge in [0.15, 0.2) is 0 Å². The second kappa shape index (κ2) is 14.7. The van der Waals surface area contributed by atoms with Gasteiger partial charge in [-0.2, -0.15) is 0 Å². The zero-order valence-corrected chi connectivity index (χ0v) is 23.9. The molecule has 0 unspecified atom stereocenters. The third-order valence-electron chi connectivity index (χ3n) is 8.23. The highest BCUT2D eigenvalue weighted by Gasteiger charge is 2.42. The molecule has 2 aromatic rings. The summed E-state index contributed by atoms with van der Waals surface area (Å²) >= 11 is 0. The van der Waals surface area contributed by atoms with Crippen molar-refractivity contribution in [3.05, 3.63) is 72.6 Å². The minimum atomic E-state index is -0.724. The lowest BCUT2D eigenvalue weighted by molar-refractivity contribution is -0.147. The van der Waals surface area contributed by atoms with Gasteiger partial charge in [0.1, 0.15) is 17.8 Å². The zero-order chi connectivity index (χ0) is 28.3. The van der Waals surface area contributed by atoms with Crippen molar-refractivity contribution in [1.82, 2.24) is 25.1 Å². The Morgan fingerprint density at radius 3 is 2.52 bits per heavy atom. The van der Waals surface area contributed by atoms with Gasteiger partial charge < -0.3 is 15.1 Å². The maximum Gasteiger partial charge on any atom is 0.272 e. The minimum absolute atomic E-state index is 0.0133. The van der Waals surface area contributed by atoms with Gasteiger partial charge in [0.25, 0.3) is 5.91 Å². The molecular formula is C32H43N5O3. The normalized spacial score (nSPS) is 19.4. The van der Waals surface area contributed by atoms with Gasteiger partial charge in [0, 0.05) is 31.3 Å². The molecule has 214 valence electrons. The Balaban J connectivity index is 1.55. The molecular weight excluding hydrogens is 502 g/mol. The van der Waals surface area contributed by atoms with Crippen LogP contribution in [0.5, 0.6) is 0 Å². The summed E-state index contributed by atoms with van der Waals surface area (Å²) in [5, 5.41) is 2.99. The summed E-state index contributed by atoms with van der Waals surface area (Å²) in [6.07, 6.45) is 17.4. The van der Waals surface area contributed by atoms with Gasteiger partial charge in [-0.3, -0.25) is 19.4 Å². The van der Waals surface area contributed by atoms with E-state index in [2.05, 4.69) is 41.3 Å². The van der Waals surface area contributed by atoms with Crippen molar-refractivity contribution >= 4 is 17.7 Å². The maximum absolute atomic E-state index is 14.3. The molecule has 1 saturated carbocycles. The van der Waals surface area contributed by atoms with Gasteiger partial charge in [-0.05, 0) is 49.5 Å². The first-order valence-electron chi connectivity index (χ1n) is 14.9. The molecule has 8 nitrogen and oxygen atoms in total. The molecule has 4 rings (SSSR count). The Morgan fingerprint density at radius 2 is 1.82 bits per heavy atom. The summed E-state index contributed by atoms with van der Waals surface area (Å²) in [7, 11) is 0. The van der Waals surface area contributed by atoms with E-state index in [4.69, 9.17) is 0 Å². The van der Waals surface area contributed by atoms with Crippen LogP contribution in [0.2, 0.25) is 0 Å². The minimum Gasteiger partial charge on any atom is -0.339 e. The topological polar surface area (TPSA) is 95.5 Å². The van der Waals surface area contributed by atoms with E-state index in [0.717, 1.165) is 64.2 Å². The van der Waals surface area contributed by atoms with Crippen LogP contribution < -0.4 is 5.32 Å². The van der Waals surface area contributed by atoms with Crippen LogP contribution in [0.1, 0.15) is 87.7 Å². The van der Waals surface area contributed by atoms with Crippen molar-refractivity contribution in [2.75, 3.05) is 6.54 Å². The van der Waals surface area contributed by atoms with E-state index in [1.54, 1.807) is 22.2 Å². The zero-order valence-electron chi connectivity index (χ0n) is 23.9. The van der Waals surface area contributed by atoms with Crippen LogP contribution in [-0.2, 0) is 16.0 Å². The highest BCUT2D eigenvalue weighted by atomic mass is 16.2. The maximum atomic E-state index is 14.3. The number of benzene rings is 1. The lowest BCUT2D eigenvalue weighted by atomic mass is 9.82. The molecule has 3 atom stereocenters. The average molecular weight is 546 g/mol. The van der Waals surface area contributed by atoms with Crippen LogP contribution in [0.3, 0.4) is 0 Å². The smallest absolute Gasteiger partial charge is 0.272 e. The largest absolute Gasteiger partial charge is 0.339 e. The van der Waals surface area contributed by atoms with Gasteiger partial charge >= 0.3 is 0 Å². The second-order valence-corrected chi connectivity index (χ2v) is 11.2. The number of aromatic nitrogens is 2. The first-order valence-corrected chi connectivity index (χ1v) is 14.9. The monoisotopic (exact) mass is 545 g/mol. The average Bonchev–Trinajstić information content (AvgIpc) is 3.00. The molecule has 0 saturated heterocycles. The molecule has 2 aliphatic rings. The van der Waals surface area contributed by atoms with Gasteiger partial charge in [-0.1, -0.05) is 76.3 Å². The summed E-state index contributed by atoms with van der Waals surface area (Å²) in [6, 6.07) is 8.95. The number of hydrogen-bond donors (Lipinski definition) is 1. The molecule has 0 spiro atoms. The van der Waals surface area contributed by atoms with E-state index in [0.29, 0.717) is 6.54 Å². The van der Waals surface area contributed by atoms with Crippen LogP contribution in [0.25, 0.3) is 0 Å². The predicted octanol–water partition coefficient (Wildman–Crippen LogP) is 5.13. The summed E-state index contributed by atoms with van der Waals surface area (Å²) in [4.78, 5) is 52.8. The standard InChI is InChI=1S/C32H43N5O3/c1-3-4-12-24(2)29-32(40)36(20-11-15-25-13-7-5-8-14-25)21-22-37(29)31(39)28(26-16-9-6-10-17-26)35-30(38)27-23-33-18-19-34-27/h5,7-8,13-14,18-19,21-24,26,28-29H,3-4,6,9-12,15-17,20H2,1-2H3,(H,35,38)/t24-,28+,29+/m0/s1. The Morgan fingerprint density at radius 1 is 1.05 bits per heavy atom. The number of aryl methyl sites for hydroxylation is 1. The molecule has 1 fully saturated rings. The second-order valence-electron chi connectivity index (χ2n) is 11.2. The van der Waals surface area contributed by atoms with Crippen molar-refractivity contribution in [3.8, 4) is 0 Å². The van der Waals surface area contributed by atoms with E-state index in [1.807, 2.05) is 18.2 Å². The van der Waals surface area contributed by atoms with E-state index in [1.165, 1.54) is 24.2 Å². The van der Waals surface area contributed by atoms with Crippen molar-refractivity contribution in [2.24, 2.45) is 11.8 Å². The Kier molecular flexibility index (Phi) is 10.8. The third-order valence-corrected chi connectivity index (χ3v) is 8.23. The highest BCUT2D eigenvalue weighted by molar-refractivity contribution is 5.98. The van der Waals surface area contributed by atoms with Crippen molar-refractivity contribution in [3.63, 3.8) is 0 Å². The predicted molar refractivity (Wildman–Crippen MR) is 155 cm³/mol. The molecule has 40 heavy (non-hydrogen) atoms. The molecule has 1 aromatic carbocycles. The van der Waals surface area contributed by atoms with Crippen molar-refractivity contribution in [2.45, 2.75) is 90.1 Å². The van der Waals surface area contributed by atoms with E-state index in [-0.39, 0.29) is 29.3 Å². The Labute approximate surface area is 238 Å². The van der Waals surface area contributed by atoms with Crippen molar-refractivity contribution in [1.29, 1.82) is 0 Å². The molecule has 0 radical (unpaired) electrons. The molecule has 1 N–H and O–H groups in total. The number of carbonyl (C=O) groups excluding carboxylic acids is 3. The Bertz CT molecular complexity index is 1130. The SMILES string of the molecule is CCCC[C@H](C)[C@@H]1C(=O)N(CCCc2ccccc2)C=CN1C(=O)[C@H](NC(=O)c1cnccn1)C1CCCCC1. The number of rotatable bonds is 12. The fourth-order valence-electron chi connectivity index (χ4n) is 5.94. The van der Waals surface area contributed by atoms with Gasteiger partial charge in [0.2, 0.25) is 11.8 Å².